The molecule has 0 aliphatic carbocycles. The van der Waals surface area contributed by atoms with Crippen molar-refractivity contribution in [3.8, 4) is 11.3 Å². The molecule has 15 heavy (non-hydrogen) atoms. The minimum absolute atomic E-state index is 0.502. The van der Waals surface area contributed by atoms with Crippen molar-refractivity contribution in [2.24, 2.45) is 7.05 Å². The number of aryl methyl sites for hydroxylation is 1. The molecule has 0 saturated carbocycles. The Hall–Kier alpha value is -1.48. The standard InChI is InChI=1S/C11H12ClN3/c1-7-10(15(2)11(13)14-7)8-5-3-4-6-9(8)12/h3-6H,1-2H3,(H2,13,14). The van der Waals surface area contributed by atoms with E-state index in [4.69, 9.17) is 17.3 Å². The van der Waals surface area contributed by atoms with Gasteiger partial charge in [-0.15, -0.1) is 0 Å². The van der Waals surface area contributed by atoms with Crippen LogP contribution in [0.25, 0.3) is 11.3 Å². The maximum atomic E-state index is 6.13. The summed E-state index contributed by atoms with van der Waals surface area (Å²) in [5.41, 5.74) is 8.56. The second-order valence-corrected chi connectivity index (χ2v) is 3.85. The molecule has 4 heteroatoms. The Kier molecular flexibility index (Phi) is 2.40. The predicted octanol–water partition coefficient (Wildman–Crippen LogP) is 2.63. The Morgan fingerprint density at radius 1 is 1.33 bits per heavy atom. The number of anilines is 1. The van der Waals surface area contributed by atoms with E-state index in [1.54, 1.807) is 0 Å². The number of aromatic nitrogens is 2. The number of halogens is 1. The highest BCUT2D eigenvalue weighted by Crippen LogP contribution is 2.30. The van der Waals surface area contributed by atoms with Crippen molar-refractivity contribution in [3.63, 3.8) is 0 Å². The minimum atomic E-state index is 0.502. The van der Waals surface area contributed by atoms with Crippen LogP contribution in [0.3, 0.4) is 0 Å². The Bertz CT molecular complexity index is 503. The van der Waals surface area contributed by atoms with E-state index in [2.05, 4.69) is 4.98 Å². The average molecular weight is 222 g/mol. The van der Waals surface area contributed by atoms with E-state index >= 15 is 0 Å². The van der Waals surface area contributed by atoms with Gasteiger partial charge >= 0.3 is 0 Å². The van der Waals surface area contributed by atoms with Gasteiger partial charge in [0.2, 0.25) is 5.95 Å². The number of hydrogen-bond donors (Lipinski definition) is 1. The lowest BCUT2D eigenvalue weighted by molar-refractivity contribution is 0.938. The van der Waals surface area contributed by atoms with Gasteiger partial charge in [-0.2, -0.15) is 0 Å². The summed E-state index contributed by atoms with van der Waals surface area (Å²) in [7, 11) is 1.88. The van der Waals surface area contributed by atoms with Crippen LogP contribution in [-0.2, 0) is 7.05 Å². The number of nitrogens with two attached hydrogens (primary N) is 1. The summed E-state index contributed by atoms with van der Waals surface area (Å²) in [5.74, 6) is 0.502. The lowest BCUT2D eigenvalue weighted by atomic mass is 10.1. The molecule has 3 nitrogen and oxygen atoms in total. The Balaban J connectivity index is 2.69. The van der Waals surface area contributed by atoms with Gasteiger partial charge in [-0.1, -0.05) is 29.8 Å². The van der Waals surface area contributed by atoms with Gasteiger partial charge in [-0.25, -0.2) is 4.98 Å². The highest BCUT2D eigenvalue weighted by Gasteiger charge is 2.13. The molecular weight excluding hydrogens is 210 g/mol. The molecule has 0 atom stereocenters. The molecule has 1 aromatic heterocycles. The molecule has 2 aromatic rings. The largest absolute Gasteiger partial charge is 0.369 e. The van der Waals surface area contributed by atoms with Crippen LogP contribution < -0.4 is 5.73 Å². The van der Waals surface area contributed by atoms with Crippen molar-refractivity contribution in [1.82, 2.24) is 9.55 Å². The molecule has 0 unspecified atom stereocenters. The minimum Gasteiger partial charge on any atom is -0.369 e. The first-order valence-electron chi connectivity index (χ1n) is 4.65. The fourth-order valence-electron chi connectivity index (χ4n) is 1.69. The lowest BCUT2D eigenvalue weighted by Gasteiger charge is -2.06. The van der Waals surface area contributed by atoms with E-state index in [0.29, 0.717) is 11.0 Å². The summed E-state index contributed by atoms with van der Waals surface area (Å²) in [6, 6.07) is 7.68. The molecule has 0 spiro atoms. The fraction of sp³-hybridized carbons (Fsp3) is 0.182. The van der Waals surface area contributed by atoms with Gasteiger partial charge < -0.3 is 10.3 Å². The van der Waals surface area contributed by atoms with E-state index in [1.807, 2.05) is 42.8 Å². The first-order valence-corrected chi connectivity index (χ1v) is 5.02. The monoisotopic (exact) mass is 221 g/mol. The lowest BCUT2D eigenvalue weighted by Crippen LogP contribution is -1.98. The molecule has 1 aromatic carbocycles. The zero-order chi connectivity index (χ0) is 11.0. The molecule has 0 saturated heterocycles. The highest BCUT2D eigenvalue weighted by molar-refractivity contribution is 6.33. The number of imidazole rings is 1. The normalized spacial score (nSPS) is 10.6. The van der Waals surface area contributed by atoms with E-state index in [0.717, 1.165) is 17.0 Å². The van der Waals surface area contributed by atoms with Crippen molar-refractivity contribution in [1.29, 1.82) is 0 Å². The van der Waals surface area contributed by atoms with E-state index in [-0.39, 0.29) is 0 Å². The maximum Gasteiger partial charge on any atom is 0.200 e. The number of hydrogen-bond acceptors (Lipinski definition) is 2. The Labute approximate surface area is 93.5 Å². The average Bonchev–Trinajstić information content (AvgIpc) is 2.43. The van der Waals surface area contributed by atoms with Crippen LogP contribution in [-0.4, -0.2) is 9.55 Å². The van der Waals surface area contributed by atoms with Gasteiger partial charge in [-0.3, -0.25) is 0 Å². The first-order chi connectivity index (χ1) is 7.11. The number of benzene rings is 1. The molecule has 2 rings (SSSR count). The Morgan fingerprint density at radius 2 is 2.00 bits per heavy atom. The fourth-order valence-corrected chi connectivity index (χ4v) is 1.91. The second-order valence-electron chi connectivity index (χ2n) is 3.44. The smallest absolute Gasteiger partial charge is 0.200 e. The van der Waals surface area contributed by atoms with Crippen LogP contribution in [0.15, 0.2) is 24.3 Å². The first kappa shape index (κ1) is 10.1. The third kappa shape index (κ3) is 1.59. The summed E-state index contributed by atoms with van der Waals surface area (Å²) in [4.78, 5) is 4.21. The number of rotatable bonds is 1. The molecule has 0 aliphatic heterocycles. The van der Waals surface area contributed by atoms with Gasteiger partial charge in [-0.05, 0) is 13.0 Å². The summed E-state index contributed by atoms with van der Waals surface area (Å²) in [6.07, 6.45) is 0. The number of nitrogen functional groups attached to an aromatic ring is 1. The summed E-state index contributed by atoms with van der Waals surface area (Å²) < 4.78 is 1.84. The van der Waals surface area contributed by atoms with Crippen molar-refractivity contribution in [3.05, 3.63) is 35.0 Å². The van der Waals surface area contributed by atoms with E-state index < -0.39 is 0 Å². The molecule has 0 fully saturated rings. The van der Waals surface area contributed by atoms with Crippen LogP contribution in [0, 0.1) is 6.92 Å². The van der Waals surface area contributed by atoms with Gasteiger partial charge in [0.05, 0.1) is 11.4 Å². The summed E-state index contributed by atoms with van der Waals surface area (Å²) >= 11 is 6.13. The van der Waals surface area contributed by atoms with Crippen LogP contribution in [0.2, 0.25) is 5.02 Å². The van der Waals surface area contributed by atoms with Gasteiger partial charge in [0, 0.05) is 17.6 Å². The highest BCUT2D eigenvalue weighted by atomic mass is 35.5. The maximum absolute atomic E-state index is 6.13. The zero-order valence-corrected chi connectivity index (χ0v) is 9.42. The quantitative estimate of drug-likeness (QED) is 0.805. The molecule has 0 radical (unpaired) electrons. The van der Waals surface area contributed by atoms with Gasteiger partial charge in [0.15, 0.2) is 0 Å². The molecular formula is C11H12ClN3. The number of nitrogens with zero attached hydrogens (tertiary/aromatic N) is 2. The molecule has 0 bridgehead atoms. The van der Waals surface area contributed by atoms with Crippen LogP contribution in [0.4, 0.5) is 5.95 Å². The summed E-state index contributed by atoms with van der Waals surface area (Å²) in [6.45, 7) is 1.93. The van der Waals surface area contributed by atoms with Crippen molar-refractivity contribution >= 4 is 17.5 Å². The molecule has 1 heterocycles. The Morgan fingerprint density at radius 3 is 2.53 bits per heavy atom. The molecule has 0 aliphatic rings. The van der Waals surface area contributed by atoms with Crippen LogP contribution >= 0.6 is 11.6 Å². The predicted molar refractivity (Wildman–Crippen MR) is 62.8 cm³/mol. The van der Waals surface area contributed by atoms with Gasteiger partial charge in [0.1, 0.15) is 0 Å². The summed E-state index contributed by atoms with van der Waals surface area (Å²) in [5, 5.41) is 0.712. The van der Waals surface area contributed by atoms with E-state index in [1.165, 1.54) is 0 Å². The van der Waals surface area contributed by atoms with Crippen molar-refractivity contribution < 1.29 is 0 Å². The van der Waals surface area contributed by atoms with Crippen molar-refractivity contribution in [2.75, 3.05) is 5.73 Å². The van der Waals surface area contributed by atoms with E-state index in [9.17, 15) is 0 Å². The zero-order valence-electron chi connectivity index (χ0n) is 8.66. The second kappa shape index (κ2) is 3.59. The van der Waals surface area contributed by atoms with Crippen molar-refractivity contribution in [2.45, 2.75) is 6.92 Å². The topological polar surface area (TPSA) is 43.8 Å². The SMILES string of the molecule is Cc1nc(N)n(C)c1-c1ccccc1Cl. The van der Waals surface area contributed by atoms with Gasteiger partial charge in [0.25, 0.3) is 0 Å². The molecule has 0 amide bonds. The third-order valence-electron chi connectivity index (χ3n) is 2.43. The molecule has 78 valence electrons. The van der Waals surface area contributed by atoms with Crippen LogP contribution in [0.1, 0.15) is 5.69 Å². The molecule has 2 N–H and O–H groups in total. The van der Waals surface area contributed by atoms with Crippen LogP contribution in [0.5, 0.6) is 0 Å². The third-order valence-corrected chi connectivity index (χ3v) is 2.76.